The van der Waals surface area contributed by atoms with Crippen molar-refractivity contribution in [3.63, 3.8) is 0 Å². The van der Waals surface area contributed by atoms with Crippen molar-refractivity contribution in [2.75, 3.05) is 13.3 Å². The van der Waals surface area contributed by atoms with Gasteiger partial charge in [0.1, 0.15) is 12.3 Å². The molecular weight excluding hydrogens is 282 g/mol. The lowest BCUT2D eigenvalue weighted by atomic mass is 9.49. The molecule has 1 saturated carbocycles. The Kier molecular flexibility index (Phi) is 1.81. The van der Waals surface area contributed by atoms with E-state index in [0.29, 0.717) is 24.9 Å². The van der Waals surface area contributed by atoms with Crippen LogP contribution in [-0.4, -0.2) is 46.8 Å². The van der Waals surface area contributed by atoms with E-state index in [1.807, 2.05) is 6.07 Å². The van der Waals surface area contributed by atoms with Crippen molar-refractivity contribution >= 4 is 5.78 Å². The highest BCUT2D eigenvalue weighted by atomic mass is 16.5. The summed E-state index contributed by atoms with van der Waals surface area (Å²) in [4.78, 5) is 15.0. The van der Waals surface area contributed by atoms with E-state index < -0.39 is 6.10 Å². The van der Waals surface area contributed by atoms with Gasteiger partial charge in [0.15, 0.2) is 23.4 Å². The number of phenols is 1. The first-order valence-corrected chi connectivity index (χ1v) is 8.10. The van der Waals surface area contributed by atoms with E-state index in [1.54, 1.807) is 6.07 Å². The van der Waals surface area contributed by atoms with Crippen molar-refractivity contribution < 1.29 is 19.4 Å². The molecule has 3 aliphatic heterocycles. The molecule has 1 unspecified atom stereocenters. The average Bonchev–Trinajstić information content (AvgIpc) is 2.97. The molecule has 2 saturated heterocycles. The van der Waals surface area contributed by atoms with Gasteiger partial charge >= 0.3 is 0 Å². The van der Waals surface area contributed by atoms with Gasteiger partial charge in [0.05, 0.1) is 5.41 Å². The Bertz CT molecular complexity index is 746. The molecule has 3 heterocycles. The van der Waals surface area contributed by atoms with E-state index >= 15 is 0 Å². The summed E-state index contributed by atoms with van der Waals surface area (Å²) < 4.78 is 12.5. The van der Waals surface area contributed by atoms with Crippen molar-refractivity contribution in [2.45, 2.75) is 48.8 Å². The maximum Gasteiger partial charge on any atom is 0.174 e. The first kappa shape index (κ1) is 11.9. The molecule has 3 fully saturated rings. The average molecular weight is 299 g/mol. The zero-order valence-electron chi connectivity index (χ0n) is 12.2. The van der Waals surface area contributed by atoms with Crippen LogP contribution in [-0.2, 0) is 21.4 Å². The Balaban J connectivity index is 1.75. The lowest BCUT2D eigenvalue weighted by molar-refractivity contribution is -0.159. The van der Waals surface area contributed by atoms with Crippen LogP contribution < -0.4 is 4.74 Å². The molecule has 5 heteroatoms. The topological polar surface area (TPSA) is 59.0 Å². The number of Topliss-reactive ketones (excluding diaryl/α,β-unsaturated/α-hetero) is 1. The second-order valence-electron chi connectivity index (χ2n) is 7.33. The molecule has 4 bridgehead atoms. The lowest BCUT2D eigenvalue weighted by Crippen LogP contribution is -2.73. The molecule has 22 heavy (non-hydrogen) atoms. The third-order valence-electron chi connectivity index (χ3n) is 6.82. The Morgan fingerprint density at radius 3 is 3.14 bits per heavy atom. The van der Waals surface area contributed by atoms with Crippen LogP contribution >= 0.6 is 0 Å². The van der Waals surface area contributed by atoms with E-state index in [1.165, 1.54) is 5.56 Å². The molecule has 2 spiro atoms. The minimum atomic E-state index is -0.480. The Labute approximate surface area is 127 Å². The summed E-state index contributed by atoms with van der Waals surface area (Å²) >= 11 is 0. The number of rotatable bonds is 0. The molecule has 1 aromatic carbocycles. The summed E-state index contributed by atoms with van der Waals surface area (Å²) in [6.07, 6.45) is 2.62. The second-order valence-corrected chi connectivity index (χ2v) is 7.33. The fourth-order valence-corrected chi connectivity index (χ4v) is 6.03. The van der Waals surface area contributed by atoms with Gasteiger partial charge in [-0.3, -0.25) is 9.69 Å². The number of ketones is 1. The zero-order chi connectivity index (χ0) is 14.7. The summed E-state index contributed by atoms with van der Waals surface area (Å²) in [5, 5.41) is 10.3. The Morgan fingerprint density at radius 2 is 2.23 bits per heavy atom. The third kappa shape index (κ3) is 0.956. The van der Waals surface area contributed by atoms with Crippen LogP contribution in [0.1, 0.15) is 30.4 Å². The number of hydrogen-bond donors (Lipinski definition) is 1. The largest absolute Gasteiger partial charge is 0.504 e. The van der Waals surface area contributed by atoms with Gasteiger partial charge in [0, 0.05) is 24.6 Å². The number of phenolic OH excluding ortho intramolecular Hbond substituents is 1. The van der Waals surface area contributed by atoms with E-state index in [0.717, 1.165) is 31.4 Å². The number of nitrogens with zero attached hydrogens (tertiary/aromatic N) is 1. The molecule has 0 amide bonds. The monoisotopic (exact) mass is 299 g/mol. The smallest absolute Gasteiger partial charge is 0.174 e. The molecule has 1 aromatic rings. The first-order valence-electron chi connectivity index (χ1n) is 8.10. The number of carbonyl (C=O) groups is 1. The standard InChI is InChI=1S/C17H17NO4/c19-10-2-1-9-7-12-17-4-3-11(20)15-16(17,13(9)14(10)22-15)5-6-18(12)8-21-17/h1-2,12,15,19H,3-8H2/t12-,15+,16+,17-/m1/s1. The quantitative estimate of drug-likeness (QED) is 0.778. The fourth-order valence-electron chi connectivity index (χ4n) is 6.03. The summed E-state index contributed by atoms with van der Waals surface area (Å²) in [5.41, 5.74) is 1.60. The van der Waals surface area contributed by atoms with Crippen LogP contribution in [0.15, 0.2) is 12.1 Å². The summed E-state index contributed by atoms with van der Waals surface area (Å²) in [6.45, 7) is 1.59. The zero-order valence-corrected chi connectivity index (χ0v) is 12.2. The van der Waals surface area contributed by atoms with Crippen LogP contribution in [0.25, 0.3) is 0 Å². The fraction of sp³-hybridized carbons (Fsp3) is 0.588. The summed E-state index contributed by atoms with van der Waals surface area (Å²) in [5.74, 6) is 0.862. The second kappa shape index (κ2) is 3.34. The predicted octanol–water partition coefficient (Wildman–Crippen LogP) is 1.11. The molecule has 114 valence electrons. The highest BCUT2D eigenvalue weighted by Gasteiger charge is 2.76. The van der Waals surface area contributed by atoms with Crippen LogP contribution in [0.3, 0.4) is 0 Å². The van der Waals surface area contributed by atoms with Gasteiger partial charge in [-0.1, -0.05) is 6.07 Å². The highest BCUT2D eigenvalue weighted by molar-refractivity contribution is 5.90. The predicted molar refractivity (Wildman–Crippen MR) is 75.9 cm³/mol. The van der Waals surface area contributed by atoms with E-state index in [9.17, 15) is 9.90 Å². The third-order valence-corrected chi connectivity index (χ3v) is 6.82. The molecule has 1 N–H and O–H groups in total. The molecule has 5 atom stereocenters. The van der Waals surface area contributed by atoms with Gasteiger partial charge in [0.25, 0.3) is 0 Å². The van der Waals surface area contributed by atoms with Crippen LogP contribution in [0.2, 0.25) is 0 Å². The SMILES string of the molecule is O=C1CC[C@]23OCN4CC[C@@]25c2c(ccc(O)c2O[C@@H]15)C[C@@H]43. The number of ether oxygens (including phenoxy) is 2. The van der Waals surface area contributed by atoms with Gasteiger partial charge in [-0.25, -0.2) is 0 Å². The van der Waals surface area contributed by atoms with Gasteiger partial charge in [-0.05, 0) is 30.9 Å². The normalized spacial score (nSPS) is 46.4. The molecular formula is C17H17NO4. The molecule has 6 rings (SSSR count). The molecule has 0 aromatic heterocycles. The molecule has 5 aliphatic rings. The minimum Gasteiger partial charge on any atom is -0.504 e. The maximum absolute atomic E-state index is 12.6. The maximum atomic E-state index is 12.6. The van der Waals surface area contributed by atoms with Gasteiger partial charge < -0.3 is 14.6 Å². The van der Waals surface area contributed by atoms with E-state index in [2.05, 4.69) is 4.90 Å². The molecule has 0 radical (unpaired) electrons. The highest BCUT2D eigenvalue weighted by Crippen LogP contribution is 2.67. The molecule has 2 aliphatic carbocycles. The van der Waals surface area contributed by atoms with Crippen molar-refractivity contribution in [2.24, 2.45) is 0 Å². The van der Waals surface area contributed by atoms with Crippen LogP contribution in [0.5, 0.6) is 11.5 Å². The van der Waals surface area contributed by atoms with Crippen molar-refractivity contribution in [1.29, 1.82) is 0 Å². The Morgan fingerprint density at radius 1 is 1.32 bits per heavy atom. The van der Waals surface area contributed by atoms with Gasteiger partial charge in [-0.15, -0.1) is 0 Å². The van der Waals surface area contributed by atoms with E-state index in [-0.39, 0.29) is 22.5 Å². The van der Waals surface area contributed by atoms with Gasteiger partial charge in [-0.2, -0.15) is 0 Å². The first-order chi connectivity index (χ1) is 10.7. The van der Waals surface area contributed by atoms with Crippen molar-refractivity contribution in [1.82, 2.24) is 4.90 Å². The summed E-state index contributed by atoms with van der Waals surface area (Å²) in [7, 11) is 0. The number of hydrogen-bond acceptors (Lipinski definition) is 5. The number of carbonyl (C=O) groups excluding carboxylic acids is 1. The Hall–Kier alpha value is -1.59. The summed E-state index contributed by atoms with van der Waals surface area (Å²) in [6, 6.07) is 4.05. The van der Waals surface area contributed by atoms with Crippen LogP contribution in [0.4, 0.5) is 0 Å². The minimum absolute atomic E-state index is 0.157. The molecule has 5 nitrogen and oxygen atoms in total. The lowest BCUT2D eigenvalue weighted by Gasteiger charge is -2.59. The number of piperidine rings is 1. The van der Waals surface area contributed by atoms with Crippen molar-refractivity contribution in [3.05, 3.63) is 23.3 Å². The number of aromatic hydroxyl groups is 1. The van der Waals surface area contributed by atoms with Crippen LogP contribution in [0, 0.1) is 0 Å². The van der Waals surface area contributed by atoms with Crippen molar-refractivity contribution in [3.8, 4) is 11.5 Å². The number of benzene rings is 1. The van der Waals surface area contributed by atoms with E-state index in [4.69, 9.17) is 9.47 Å². The van der Waals surface area contributed by atoms with Gasteiger partial charge in [0.2, 0.25) is 0 Å².